The van der Waals surface area contributed by atoms with Crippen molar-refractivity contribution in [3.63, 3.8) is 0 Å². The smallest absolute Gasteiger partial charge is 0.291 e. The van der Waals surface area contributed by atoms with Gasteiger partial charge >= 0.3 is 0 Å². The number of amides is 1. The summed E-state index contributed by atoms with van der Waals surface area (Å²) in [6, 6.07) is 20.0. The lowest BCUT2D eigenvalue weighted by Crippen LogP contribution is -2.11. The summed E-state index contributed by atoms with van der Waals surface area (Å²) in [6.45, 7) is 2.33. The van der Waals surface area contributed by atoms with Crippen molar-refractivity contribution in [3.05, 3.63) is 83.3 Å². The van der Waals surface area contributed by atoms with E-state index in [2.05, 4.69) is 12.2 Å². The highest BCUT2D eigenvalue weighted by molar-refractivity contribution is 6.03. The van der Waals surface area contributed by atoms with Gasteiger partial charge in [0.1, 0.15) is 24.2 Å². The molecular formula is C21H18N2O3. The van der Waals surface area contributed by atoms with Gasteiger partial charge in [0.2, 0.25) is 0 Å². The van der Waals surface area contributed by atoms with Gasteiger partial charge in [-0.05, 0) is 48.4 Å². The number of anilines is 1. The Hall–Kier alpha value is -3.52. The predicted octanol–water partition coefficient (Wildman–Crippen LogP) is 4.54. The molecule has 5 heteroatoms. The van der Waals surface area contributed by atoms with E-state index in [1.807, 2.05) is 30.3 Å². The zero-order valence-electron chi connectivity index (χ0n) is 14.4. The Bertz CT molecular complexity index is 936. The Kier molecular flexibility index (Phi) is 5.35. The highest BCUT2D eigenvalue weighted by Gasteiger charge is 2.13. The molecular weight excluding hydrogens is 328 g/mol. The van der Waals surface area contributed by atoms with Crippen molar-refractivity contribution in [2.24, 2.45) is 0 Å². The van der Waals surface area contributed by atoms with Crippen LogP contribution in [0.5, 0.6) is 5.75 Å². The van der Waals surface area contributed by atoms with Crippen LogP contribution < -0.4 is 10.1 Å². The summed E-state index contributed by atoms with van der Waals surface area (Å²) >= 11 is 0. The monoisotopic (exact) mass is 346 g/mol. The van der Waals surface area contributed by atoms with E-state index in [0.29, 0.717) is 17.0 Å². The molecule has 1 N–H and O–H groups in total. The maximum atomic E-state index is 12.3. The largest absolute Gasteiger partial charge is 0.486 e. The van der Waals surface area contributed by atoms with Crippen LogP contribution >= 0.6 is 0 Å². The number of para-hydroxylation sites is 1. The number of hydrogen-bond acceptors (Lipinski definition) is 4. The predicted molar refractivity (Wildman–Crippen MR) is 98.0 cm³/mol. The second-order valence-corrected chi connectivity index (χ2v) is 5.66. The van der Waals surface area contributed by atoms with Gasteiger partial charge in [-0.2, -0.15) is 5.26 Å². The molecule has 0 aliphatic heterocycles. The third-order valence-electron chi connectivity index (χ3n) is 3.89. The van der Waals surface area contributed by atoms with Crippen molar-refractivity contribution in [2.45, 2.75) is 20.0 Å². The van der Waals surface area contributed by atoms with Gasteiger partial charge < -0.3 is 14.5 Å². The average Bonchev–Trinajstić information content (AvgIpc) is 3.16. The number of rotatable bonds is 6. The Morgan fingerprint density at radius 2 is 1.88 bits per heavy atom. The van der Waals surface area contributed by atoms with Gasteiger partial charge in [0.15, 0.2) is 5.76 Å². The van der Waals surface area contributed by atoms with E-state index < -0.39 is 5.91 Å². The molecule has 0 bridgehead atoms. The Balaban J connectivity index is 1.61. The molecule has 26 heavy (non-hydrogen) atoms. The summed E-state index contributed by atoms with van der Waals surface area (Å²) < 4.78 is 11.2. The standard InChI is InChI=1S/C21H18N2O3/c1-2-15-7-9-17(10-8-15)25-14-18-11-12-20(26-18)21(24)23-19-6-4-3-5-16(19)13-22/h3-12H,2,14H2,1H3,(H,23,24). The van der Waals surface area contributed by atoms with Crippen LogP contribution in [0.4, 0.5) is 5.69 Å². The van der Waals surface area contributed by atoms with Crippen molar-refractivity contribution in [2.75, 3.05) is 5.32 Å². The SMILES string of the molecule is CCc1ccc(OCc2ccc(C(=O)Nc3ccccc3C#N)o2)cc1. The van der Waals surface area contributed by atoms with E-state index in [1.165, 1.54) is 5.56 Å². The van der Waals surface area contributed by atoms with Crippen molar-refractivity contribution < 1.29 is 13.9 Å². The van der Waals surface area contributed by atoms with E-state index in [1.54, 1.807) is 36.4 Å². The average molecular weight is 346 g/mol. The maximum Gasteiger partial charge on any atom is 0.291 e. The van der Waals surface area contributed by atoms with E-state index in [9.17, 15) is 4.79 Å². The minimum Gasteiger partial charge on any atom is -0.486 e. The van der Waals surface area contributed by atoms with Crippen LogP contribution in [0.1, 0.15) is 34.4 Å². The molecule has 1 heterocycles. The minimum absolute atomic E-state index is 0.165. The molecule has 0 atom stereocenters. The maximum absolute atomic E-state index is 12.3. The molecule has 2 aromatic carbocycles. The number of benzene rings is 2. The first-order valence-corrected chi connectivity index (χ1v) is 8.30. The highest BCUT2D eigenvalue weighted by atomic mass is 16.5. The fourth-order valence-electron chi connectivity index (χ4n) is 2.43. The molecule has 0 saturated carbocycles. The van der Waals surface area contributed by atoms with Gasteiger partial charge in [-0.3, -0.25) is 4.79 Å². The van der Waals surface area contributed by atoms with Crippen molar-refractivity contribution in [3.8, 4) is 11.8 Å². The molecule has 3 aromatic rings. The molecule has 0 aliphatic rings. The Labute approximate surface area is 151 Å². The number of nitrogens with one attached hydrogen (secondary N) is 1. The topological polar surface area (TPSA) is 75.3 Å². The normalized spacial score (nSPS) is 10.2. The van der Waals surface area contributed by atoms with E-state index in [0.717, 1.165) is 12.2 Å². The van der Waals surface area contributed by atoms with Crippen LogP contribution in [0.2, 0.25) is 0 Å². The first-order chi connectivity index (χ1) is 12.7. The fourth-order valence-corrected chi connectivity index (χ4v) is 2.43. The van der Waals surface area contributed by atoms with Crippen LogP contribution in [-0.4, -0.2) is 5.91 Å². The molecule has 130 valence electrons. The lowest BCUT2D eigenvalue weighted by molar-refractivity contribution is 0.0992. The molecule has 3 rings (SSSR count). The van der Waals surface area contributed by atoms with Crippen LogP contribution in [0.25, 0.3) is 0 Å². The Morgan fingerprint density at radius 3 is 2.62 bits per heavy atom. The van der Waals surface area contributed by atoms with Gasteiger partial charge in [-0.15, -0.1) is 0 Å². The van der Waals surface area contributed by atoms with Crippen molar-refractivity contribution >= 4 is 11.6 Å². The Morgan fingerprint density at radius 1 is 1.12 bits per heavy atom. The van der Waals surface area contributed by atoms with Crippen LogP contribution in [0.15, 0.2) is 65.1 Å². The summed E-state index contributed by atoms with van der Waals surface area (Å²) in [7, 11) is 0. The van der Waals surface area contributed by atoms with Gasteiger partial charge in [0.25, 0.3) is 5.91 Å². The lowest BCUT2D eigenvalue weighted by atomic mass is 10.2. The first-order valence-electron chi connectivity index (χ1n) is 8.30. The minimum atomic E-state index is -0.411. The fraction of sp³-hybridized carbons (Fsp3) is 0.143. The van der Waals surface area contributed by atoms with Crippen LogP contribution in [-0.2, 0) is 13.0 Å². The third kappa shape index (κ3) is 4.11. The molecule has 1 aromatic heterocycles. The number of nitrogens with zero attached hydrogens (tertiary/aromatic N) is 1. The molecule has 0 fully saturated rings. The molecule has 0 spiro atoms. The van der Waals surface area contributed by atoms with E-state index >= 15 is 0 Å². The molecule has 0 aliphatic carbocycles. The summed E-state index contributed by atoms with van der Waals surface area (Å²) in [4.78, 5) is 12.3. The van der Waals surface area contributed by atoms with Gasteiger partial charge in [-0.25, -0.2) is 0 Å². The number of carbonyl (C=O) groups excluding carboxylic acids is 1. The number of furan rings is 1. The van der Waals surface area contributed by atoms with E-state index in [4.69, 9.17) is 14.4 Å². The van der Waals surface area contributed by atoms with Crippen LogP contribution in [0, 0.1) is 11.3 Å². The highest BCUT2D eigenvalue weighted by Crippen LogP contribution is 2.18. The third-order valence-corrected chi connectivity index (χ3v) is 3.89. The summed E-state index contributed by atoms with van der Waals surface area (Å²) in [5.41, 5.74) is 2.09. The van der Waals surface area contributed by atoms with Gasteiger partial charge in [0, 0.05) is 0 Å². The second kappa shape index (κ2) is 8.04. The second-order valence-electron chi connectivity index (χ2n) is 5.66. The number of hydrogen-bond donors (Lipinski definition) is 1. The van der Waals surface area contributed by atoms with Crippen molar-refractivity contribution in [1.29, 1.82) is 5.26 Å². The lowest BCUT2D eigenvalue weighted by Gasteiger charge is -2.06. The summed E-state index contributed by atoms with van der Waals surface area (Å²) in [5.74, 6) is 1.04. The zero-order chi connectivity index (χ0) is 18.4. The number of carbonyl (C=O) groups is 1. The van der Waals surface area contributed by atoms with Crippen LogP contribution in [0.3, 0.4) is 0 Å². The van der Waals surface area contributed by atoms with Crippen molar-refractivity contribution in [1.82, 2.24) is 0 Å². The summed E-state index contributed by atoms with van der Waals surface area (Å²) in [6.07, 6.45) is 0.978. The zero-order valence-corrected chi connectivity index (χ0v) is 14.4. The first kappa shape index (κ1) is 17.3. The molecule has 0 saturated heterocycles. The van der Waals surface area contributed by atoms with Gasteiger partial charge in [0.05, 0.1) is 11.3 Å². The molecule has 0 radical (unpaired) electrons. The molecule has 5 nitrogen and oxygen atoms in total. The number of nitriles is 1. The van der Waals surface area contributed by atoms with E-state index in [-0.39, 0.29) is 12.4 Å². The molecule has 1 amide bonds. The number of ether oxygens (including phenoxy) is 1. The quantitative estimate of drug-likeness (QED) is 0.711. The number of aryl methyl sites for hydroxylation is 1. The molecule has 0 unspecified atom stereocenters. The van der Waals surface area contributed by atoms with Gasteiger partial charge in [-0.1, -0.05) is 31.2 Å². The summed E-state index contributed by atoms with van der Waals surface area (Å²) in [5, 5.41) is 11.8.